The molecular weight excluding hydrogens is 368 g/mol. The van der Waals surface area contributed by atoms with Gasteiger partial charge < -0.3 is 9.64 Å². The molecule has 26 heavy (non-hydrogen) atoms. The second-order valence-electron chi connectivity index (χ2n) is 6.32. The summed E-state index contributed by atoms with van der Waals surface area (Å²) in [6.45, 7) is 1.14. The van der Waals surface area contributed by atoms with Crippen LogP contribution >= 0.6 is 22.9 Å². The van der Waals surface area contributed by atoms with Crippen LogP contribution in [0.3, 0.4) is 0 Å². The van der Waals surface area contributed by atoms with E-state index >= 15 is 0 Å². The molecule has 6 heteroatoms. The normalized spacial score (nSPS) is 17.0. The maximum atomic E-state index is 12.7. The lowest BCUT2D eigenvalue weighted by Gasteiger charge is -2.23. The molecule has 1 aliphatic heterocycles. The van der Waals surface area contributed by atoms with E-state index in [2.05, 4.69) is 6.07 Å². The van der Waals surface area contributed by atoms with Crippen LogP contribution < -0.4 is 4.74 Å². The fraction of sp³-hybridized carbons (Fsp3) is 0.300. The SMILES string of the molecule is O=C(CCOc1cccc(Cl)c1)N1CCCC1c1nc2ccccc2s1. The van der Waals surface area contributed by atoms with E-state index in [-0.39, 0.29) is 11.9 Å². The number of nitrogens with zero attached hydrogens (tertiary/aromatic N) is 2. The summed E-state index contributed by atoms with van der Waals surface area (Å²) in [5, 5.41) is 1.66. The molecule has 1 aliphatic rings. The third-order valence-corrected chi connectivity index (χ3v) is 5.92. The monoisotopic (exact) mass is 386 g/mol. The number of likely N-dealkylation sites (tertiary alicyclic amines) is 1. The van der Waals surface area contributed by atoms with E-state index in [1.54, 1.807) is 23.5 Å². The van der Waals surface area contributed by atoms with Gasteiger partial charge in [-0.25, -0.2) is 4.98 Å². The quantitative estimate of drug-likeness (QED) is 0.613. The molecule has 1 aromatic heterocycles. The molecule has 1 atom stereocenters. The second-order valence-corrected chi connectivity index (χ2v) is 7.82. The number of fused-ring (bicyclic) bond motifs is 1. The molecule has 3 aromatic rings. The molecule has 4 rings (SSSR count). The first-order valence-electron chi connectivity index (χ1n) is 8.74. The summed E-state index contributed by atoms with van der Waals surface area (Å²) in [6.07, 6.45) is 2.34. The highest BCUT2D eigenvalue weighted by Crippen LogP contribution is 2.36. The van der Waals surface area contributed by atoms with Crippen molar-refractivity contribution < 1.29 is 9.53 Å². The first-order chi connectivity index (χ1) is 12.7. The Morgan fingerprint density at radius 2 is 2.15 bits per heavy atom. The highest BCUT2D eigenvalue weighted by atomic mass is 35.5. The lowest BCUT2D eigenvalue weighted by Crippen LogP contribution is -2.31. The van der Waals surface area contributed by atoms with Crippen LogP contribution in [0.15, 0.2) is 48.5 Å². The fourth-order valence-electron chi connectivity index (χ4n) is 3.31. The topological polar surface area (TPSA) is 42.4 Å². The molecular formula is C20H19ClN2O2S. The van der Waals surface area contributed by atoms with E-state index in [1.807, 2.05) is 35.2 Å². The van der Waals surface area contributed by atoms with Crippen LogP contribution in [-0.4, -0.2) is 28.9 Å². The van der Waals surface area contributed by atoms with Crippen molar-refractivity contribution in [1.29, 1.82) is 0 Å². The molecule has 134 valence electrons. The number of carbonyl (C=O) groups is 1. The highest BCUT2D eigenvalue weighted by molar-refractivity contribution is 7.18. The van der Waals surface area contributed by atoms with Gasteiger partial charge in [-0.3, -0.25) is 4.79 Å². The number of hydrogen-bond acceptors (Lipinski definition) is 4. The van der Waals surface area contributed by atoms with E-state index in [0.29, 0.717) is 23.8 Å². The van der Waals surface area contributed by atoms with Crippen molar-refractivity contribution in [2.75, 3.05) is 13.2 Å². The van der Waals surface area contributed by atoms with Gasteiger partial charge in [0.1, 0.15) is 10.8 Å². The molecule has 4 nitrogen and oxygen atoms in total. The lowest BCUT2D eigenvalue weighted by atomic mass is 10.2. The molecule has 2 aromatic carbocycles. The van der Waals surface area contributed by atoms with Crippen LogP contribution in [0.1, 0.15) is 30.3 Å². The fourth-order valence-corrected chi connectivity index (χ4v) is 4.61. The summed E-state index contributed by atoms with van der Waals surface area (Å²) in [5.74, 6) is 0.809. The van der Waals surface area contributed by atoms with Crippen molar-refractivity contribution in [3.05, 3.63) is 58.6 Å². The molecule has 0 aliphatic carbocycles. The number of halogens is 1. The van der Waals surface area contributed by atoms with Gasteiger partial charge in [0.25, 0.3) is 0 Å². The van der Waals surface area contributed by atoms with Crippen molar-refractivity contribution in [2.24, 2.45) is 0 Å². The maximum absolute atomic E-state index is 12.7. The number of thiazole rings is 1. The summed E-state index contributed by atoms with van der Waals surface area (Å²) in [6, 6.07) is 15.4. The van der Waals surface area contributed by atoms with Crippen LogP contribution in [0, 0.1) is 0 Å². The molecule has 0 N–H and O–H groups in total. The van der Waals surface area contributed by atoms with E-state index in [1.165, 1.54) is 4.70 Å². The van der Waals surface area contributed by atoms with Crippen LogP contribution in [0.25, 0.3) is 10.2 Å². The molecule has 1 unspecified atom stereocenters. The summed E-state index contributed by atoms with van der Waals surface area (Å²) in [4.78, 5) is 19.4. The van der Waals surface area contributed by atoms with Crippen LogP contribution in [0.4, 0.5) is 0 Å². The number of aromatic nitrogens is 1. The van der Waals surface area contributed by atoms with E-state index in [9.17, 15) is 4.79 Å². The predicted molar refractivity (Wildman–Crippen MR) is 105 cm³/mol. The van der Waals surface area contributed by atoms with Gasteiger partial charge in [-0.2, -0.15) is 0 Å². The molecule has 1 saturated heterocycles. The smallest absolute Gasteiger partial charge is 0.226 e. The average molecular weight is 387 g/mol. The Kier molecular flexibility index (Phi) is 5.09. The standard InChI is InChI=1S/C20H19ClN2O2S/c21-14-5-3-6-15(13-14)25-12-10-19(24)23-11-4-8-17(23)20-22-16-7-1-2-9-18(16)26-20/h1-3,5-7,9,13,17H,4,8,10-12H2. The second kappa shape index (κ2) is 7.64. The minimum absolute atomic E-state index is 0.0890. The molecule has 0 spiro atoms. The zero-order chi connectivity index (χ0) is 17.9. The number of ether oxygens (including phenoxy) is 1. The summed E-state index contributed by atoms with van der Waals surface area (Å²) in [5.41, 5.74) is 1.01. The van der Waals surface area contributed by atoms with Crippen molar-refractivity contribution in [3.63, 3.8) is 0 Å². The number of benzene rings is 2. The minimum Gasteiger partial charge on any atom is -0.493 e. The third kappa shape index (κ3) is 3.69. The number of amides is 1. The lowest BCUT2D eigenvalue weighted by molar-refractivity contribution is -0.132. The van der Waals surface area contributed by atoms with Gasteiger partial charge in [0.15, 0.2) is 0 Å². The Morgan fingerprint density at radius 1 is 1.27 bits per heavy atom. The molecule has 0 bridgehead atoms. The van der Waals surface area contributed by atoms with Gasteiger partial charge in [-0.1, -0.05) is 29.8 Å². The van der Waals surface area contributed by atoms with E-state index < -0.39 is 0 Å². The summed E-state index contributed by atoms with van der Waals surface area (Å²) >= 11 is 7.64. The van der Waals surface area contributed by atoms with Gasteiger partial charge in [0, 0.05) is 11.6 Å². The van der Waals surface area contributed by atoms with Crippen molar-refractivity contribution >= 4 is 39.1 Å². The zero-order valence-electron chi connectivity index (χ0n) is 14.2. The molecule has 2 heterocycles. The average Bonchev–Trinajstić information content (AvgIpc) is 3.28. The third-order valence-electron chi connectivity index (χ3n) is 4.55. The zero-order valence-corrected chi connectivity index (χ0v) is 15.8. The Morgan fingerprint density at radius 3 is 3.00 bits per heavy atom. The van der Waals surface area contributed by atoms with Crippen LogP contribution in [0.2, 0.25) is 5.02 Å². The Bertz CT molecular complexity index is 894. The number of rotatable bonds is 5. The highest BCUT2D eigenvalue weighted by Gasteiger charge is 2.31. The number of hydrogen-bond donors (Lipinski definition) is 0. The van der Waals surface area contributed by atoms with Gasteiger partial charge in [0.05, 0.1) is 29.3 Å². The molecule has 1 amide bonds. The molecule has 0 saturated carbocycles. The van der Waals surface area contributed by atoms with Crippen LogP contribution in [-0.2, 0) is 4.79 Å². The minimum atomic E-state index is 0.0890. The van der Waals surface area contributed by atoms with Crippen molar-refractivity contribution in [3.8, 4) is 5.75 Å². The van der Waals surface area contributed by atoms with Crippen LogP contribution in [0.5, 0.6) is 5.75 Å². The Labute approximate surface area is 161 Å². The molecule has 0 radical (unpaired) electrons. The molecule has 1 fully saturated rings. The summed E-state index contributed by atoms with van der Waals surface area (Å²) < 4.78 is 6.83. The predicted octanol–water partition coefficient (Wildman–Crippen LogP) is 5.08. The number of para-hydroxylation sites is 1. The first-order valence-corrected chi connectivity index (χ1v) is 9.93. The summed E-state index contributed by atoms with van der Waals surface area (Å²) in [7, 11) is 0. The van der Waals surface area contributed by atoms with Gasteiger partial charge >= 0.3 is 0 Å². The van der Waals surface area contributed by atoms with E-state index in [0.717, 1.165) is 29.9 Å². The van der Waals surface area contributed by atoms with Gasteiger partial charge in [-0.05, 0) is 43.2 Å². The largest absolute Gasteiger partial charge is 0.493 e. The van der Waals surface area contributed by atoms with Crippen molar-refractivity contribution in [2.45, 2.75) is 25.3 Å². The Hall–Kier alpha value is -2.11. The first kappa shape index (κ1) is 17.3. The van der Waals surface area contributed by atoms with Gasteiger partial charge in [0.2, 0.25) is 5.91 Å². The maximum Gasteiger partial charge on any atom is 0.226 e. The van der Waals surface area contributed by atoms with E-state index in [4.69, 9.17) is 21.3 Å². The number of carbonyl (C=O) groups excluding carboxylic acids is 1. The van der Waals surface area contributed by atoms with Crippen molar-refractivity contribution in [1.82, 2.24) is 9.88 Å². The Balaban J connectivity index is 1.40. The van der Waals surface area contributed by atoms with Gasteiger partial charge in [-0.15, -0.1) is 11.3 Å².